The minimum atomic E-state index is 0.384. The summed E-state index contributed by atoms with van der Waals surface area (Å²) in [6, 6.07) is 0. The third-order valence-corrected chi connectivity index (χ3v) is 3.59. The van der Waals surface area contributed by atoms with Crippen molar-refractivity contribution in [2.45, 2.75) is 46.6 Å². The van der Waals surface area contributed by atoms with Crippen molar-refractivity contribution >= 4 is 0 Å². The lowest BCUT2D eigenvalue weighted by atomic mass is 10.1. The van der Waals surface area contributed by atoms with Gasteiger partial charge in [-0.3, -0.25) is 0 Å². The first-order valence-corrected chi connectivity index (χ1v) is 7.20. The van der Waals surface area contributed by atoms with Crippen molar-refractivity contribution in [3.8, 4) is 0 Å². The number of hydrogen-bond acceptors (Lipinski definition) is 4. The standard InChI is InChI=1S/C15H25N3O/c1-10(2)7-16-8-14-11(3)17-15(18-12(14)4)13-5-6-19-9-13/h10,13,16H,5-9H2,1-4H3. The molecule has 1 atom stereocenters. The fourth-order valence-corrected chi connectivity index (χ4v) is 2.43. The lowest BCUT2D eigenvalue weighted by molar-refractivity contribution is 0.193. The topological polar surface area (TPSA) is 47.0 Å². The molecule has 1 aromatic rings. The molecule has 2 rings (SSSR count). The molecule has 0 radical (unpaired) electrons. The van der Waals surface area contributed by atoms with Crippen LogP contribution in [0.1, 0.15) is 49.0 Å². The van der Waals surface area contributed by atoms with E-state index in [4.69, 9.17) is 4.74 Å². The molecule has 1 saturated heterocycles. The van der Waals surface area contributed by atoms with Crippen molar-refractivity contribution in [1.82, 2.24) is 15.3 Å². The molecule has 0 bridgehead atoms. The summed E-state index contributed by atoms with van der Waals surface area (Å²) >= 11 is 0. The van der Waals surface area contributed by atoms with Gasteiger partial charge in [0.1, 0.15) is 5.82 Å². The Labute approximate surface area is 116 Å². The SMILES string of the molecule is Cc1nc(C2CCOC2)nc(C)c1CNCC(C)C. The van der Waals surface area contributed by atoms with Gasteiger partial charge in [0.15, 0.2) is 0 Å². The van der Waals surface area contributed by atoms with Crippen LogP contribution in [0.3, 0.4) is 0 Å². The van der Waals surface area contributed by atoms with E-state index in [1.807, 2.05) is 0 Å². The summed E-state index contributed by atoms with van der Waals surface area (Å²) in [5, 5.41) is 3.47. The van der Waals surface area contributed by atoms with Crippen LogP contribution in [0.5, 0.6) is 0 Å². The van der Waals surface area contributed by atoms with E-state index in [2.05, 4.69) is 43.0 Å². The zero-order valence-electron chi connectivity index (χ0n) is 12.5. The van der Waals surface area contributed by atoms with E-state index in [-0.39, 0.29) is 0 Å². The molecule has 2 heterocycles. The number of aromatic nitrogens is 2. The lowest BCUT2D eigenvalue weighted by Gasteiger charge is -2.14. The monoisotopic (exact) mass is 263 g/mol. The van der Waals surface area contributed by atoms with Gasteiger partial charge < -0.3 is 10.1 Å². The van der Waals surface area contributed by atoms with Gasteiger partial charge in [-0.1, -0.05) is 13.8 Å². The second-order valence-corrected chi connectivity index (χ2v) is 5.82. The van der Waals surface area contributed by atoms with Crippen molar-refractivity contribution in [2.75, 3.05) is 19.8 Å². The van der Waals surface area contributed by atoms with Gasteiger partial charge in [-0.2, -0.15) is 0 Å². The van der Waals surface area contributed by atoms with Gasteiger partial charge in [0, 0.05) is 36.0 Å². The zero-order chi connectivity index (χ0) is 13.8. The highest BCUT2D eigenvalue weighted by atomic mass is 16.5. The highest BCUT2D eigenvalue weighted by molar-refractivity contribution is 5.25. The van der Waals surface area contributed by atoms with Gasteiger partial charge in [0.25, 0.3) is 0 Å². The molecular formula is C15H25N3O. The second kappa shape index (κ2) is 6.44. The van der Waals surface area contributed by atoms with Crippen LogP contribution >= 0.6 is 0 Å². The molecule has 19 heavy (non-hydrogen) atoms. The number of rotatable bonds is 5. The Kier molecular flexibility index (Phi) is 4.88. The highest BCUT2D eigenvalue weighted by Crippen LogP contribution is 2.23. The molecule has 4 nitrogen and oxygen atoms in total. The summed E-state index contributed by atoms with van der Waals surface area (Å²) in [5.74, 6) is 2.01. The minimum Gasteiger partial charge on any atom is -0.381 e. The van der Waals surface area contributed by atoms with Crippen LogP contribution in [0.15, 0.2) is 0 Å². The molecule has 0 spiro atoms. The molecule has 0 amide bonds. The summed E-state index contributed by atoms with van der Waals surface area (Å²) in [5.41, 5.74) is 3.44. The molecule has 4 heteroatoms. The molecule has 0 saturated carbocycles. The maximum Gasteiger partial charge on any atom is 0.134 e. The number of ether oxygens (including phenoxy) is 1. The first-order valence-electron chi connectivity index (χ1n) is 7.20. The van der Waals surface area contributed by atoms with Crippen LogP contribution in [-0.2, 0) is 11.3 Å². The van der Waals surface area contributed by atoms with Crippen LogP contribution in [0.4, 0.5) is 0 Å². The van der Waals surface area contributed by atoms with E-state index < -0.39 is 0 Å². The molecule has 0 aliphatic carbocycles. The predicted molar refractivity (Wildman–Crippen MR) is 76.2 cm³/mol. The molecule has 0 aromatic carbocycles. The predicted octanol–water partition coefficient (Wildman–Crippen LogP) is 2.34. The zero-order valence-corrected chi connectivity index (χ0v) is 12.5. The molecule has 1 aromatic heterocycles. The van der Waals surface area contributed by atoms with Gasteiger partial charge >= 0.3 is 0 Å². The van der Waals surface area contributed by atoms with Gasteiger partial charge in [0.2, 0.25) is 0 Å². The van der Waals surface area contributed by atoms with E-state index in [1.54, 1.807) is 0 Å². The largest absolute Gasteiger partial charge is 0.381 e. The fraction of sp³-hybridized carbons (Fsp3) is 0.733. The minimum absolute atomic E-state index is 0.384. The van der Waals surface area contributed by atoms with Crippen LogP contribution < -0.4 is 5.32 Å². The highest BCUT2D eigenvalue weighted by Gasteiger charge is 2.22. The Morgan fingerprint density at radius 1 is 1.26 bits per heavy atom. The van der Waals surface area contributed by atoms with E-state index in [0.717, 1.165) is 49.9 Å². The Morgan fingerprint density at radius 2 is 1.95 bits per heavy atom. The number of aryl methyl sites for hydroxylation is 2. The van der Waals surface area contributed by atoms with Crippen molar-refractivity contribution in [3.63, 3.8) is 0 Å². The summed E-state index contributed by atoms with van der Waals surface area (Å²) in [6.07, 6.45) is 1.05. The number of nitrogens with one attached hydrogen (secondary N) is 1. The maximum atomic E-state index is 5.42. The van der Waals surface area contributed by atoms with Crippen molar-refractivity contribution in [2.24, 2.45) is 5.92 Å². The molecule has 1 aliphatic heterocycles. The third kappa shape index (κ3) is 3.74. The van der Waals surface area contributed by atoms with Gasteiger partial charge in [-0.25, -0.2) is 9.97 Å². The summed E-state index contributed by atoms with van der Waals surface area (Å²) < 4.78 is 5.42. The average Bonchev–Trinajstić information content (AvgIpc) is 2.85. The first kappa shape index (κ1) is 14.4. The van der Waals surface area contributed by atoms with Crippen LogP contribution in [0, 0.1) is 19.8 Å². The fourth-order valence-electron chi connectivity index (χ4n) is 2.43. The van der Waals surface area contributed by atoms with Crippen molar-refractivity contribution < 1.29 is 4.74 Å². The van der Waals surface area contributed by atoms with Crippen LogP contribution in [-0.4, -0.2) is 29.7 Å². The molecule has 1 N–H and O–H groups in total. The quantitative estimate of drug-likeness (QED) is 0.886. The van der Waals surface area contributed by atoms with Crippen molar-refractivity contribution in [3.05, 3.63) is 22.8 Å². The summed E-state index contributed by atoms with van der Waals surface area (Å²) in [4.78, 5) is 9.37. The third-order valence-electron chi connectivity index (χ3n) is 3.59. The Balaban J connectivity index is 2.08. The summed E-state index contributed by atoms with van der Waals surface area (Å²) in [7, 11) is 0. The Hall–Kier alpha value is -1.00. The molecule has 106 valence electrons. The summed E-state index contributed by atoms with van der Waals surface area (Å²) in [6.45, 7) is 12.1. The van der Waals surface area contributed by atoms with Crippen LogP contribution in [0.2, 0.25) is 0 Å². The second-order valence-electron chi connectivity index (χ2n) is 5.82. The molecule has 1 aliphatic rings. The Bertz CT molecular complexity index is 402. The van der Waals surface area contributed by atoms with E-state index >= 15 is 0 Å². The van der Waals surface area contributed by atoms with Gasteiger partial charge in [-0.05, 0) is 32.7 Å². The van der Waals surface area contributed by atoms with E-state index in [0.29, 0.717) is 11.8 Å². The van der Waals surface area contributed by atoms with Crippen molar-refractivity contribution in [1.29, 1.82) is 0 Å². The average molecular weight is 263 g/mol. The van der Waals surface area contributed by atoms with E-state index in [1.165, 1.54) is 5.56 Å². The number of nitrogens with zero attached hydrogens (tertiary/aromatic N) is 2. The Morgan fingerprint density at radius 3 is 2.47 bits per heavy atom. The molecular weight excluding hydrogens is 238 g/mol. The van der Waals surface area contributed by atoms with Crippen LogP contribution in [0.25, 0.3) is 0 Å². The van der Waals surface area contributed by atoms with Gasteiger partial charge in [0.05, 0.1) is 6.61 Å². The van der Waals surface area contributed by atoms with Gasteiger partial charge in [-0.15, -0.1) is 0 Å². The molecule has 1 fully saturated rings. The lowest BCUT2D eigenvalue weighted by Crippen LogP contribution is -2.21. The smallest absolute Gasteiger partial charge is 0.134 e. The maximum absolute atomic E-state index is 5.42. The molecule has 1 unspecified atom stereocenters. The first-order chi connectivity index (χ1) is 9.08. The number of hydrogen-bond donors (Lipinski definition) is 1. The normalized spacial score (nSPS) is 19.3. The van der Waals surface area contributed by atoms with E-state index in [9.17, 15) is 0 Å².